The van der Waals surface area contributed by atoms with Gasteiger partial charge in [-0.3, -0.25) is 9.89 Å². The van der Waals surface area contributed by atoms with E-state index in [0.29, 0.717) is 17.7 Å². The maximum Gasteiger partial charge on any atom is 0.222 e. The number of nitrogens with one attached hydrogen (secondary N) is 1. The van der Waals surface area contributed by atoms with Gasteiger partial charge >= 0.3 is 0 Å². The van der Waals surface area contributed by atoms with Gasteiger partial charge in [-0.05, 0) is 44.7 Å². The smallest absolute Gasteiger partial charge is 0.222 e. The summed E-state index contributed by atoms with van der Waals surface area (Å²) in [5.41, 5.74) is 2.71. The van der Waals surface area contributed by atoms with Gasteiger partial charge in [-0.15, -0.1) is 0 Å². The Balaban J connectivity index is 1.33. The zero-order valence-electron chi connectivity index (χ0n) is 18.0. The Morgan fingerprint density at radius 3 is 2.74 bits per heavy atom. The molecule has 31 heavy (non-hydrogen) atoms. The molecule has 4 heterocycles. The Kier molecular flexibility index (Phi) is 5.21. The number of hydrogen-bond donors (Lipinski definition) is 1. The summed E-state index contributed by atoms with van der Waals surface area (Å²) in [5.74, 6) is 2.44. The number of fused-ring (bicyclic) bond motifs is 1. The first-order chi connectivity index (χ1) is 15.1. The normalized spacial score (nSPS) is 16.9. The van der Waals surface area contributed by atoms with Crippen molar-refractivity contribution in [2.24, 2.45) is 5.92 Å². The Morgan fingerprint density at radius 2 is 2.00 bits per heavy atom. The molecular weight excluding hydrogens is 392 g/mol. The summed E-state index contributed by atoms with van der Waals surface area (Å²) in [6, 6.07) is 5.97. The second kappa shape index (κ2) is 8.17. The van der Waals surface area contributed by atoms with Gasteiger partial charge in [0.05, 0.1) is 17.8 Å². The number of H-pyrrole nitrogens is 1. The summed E-state index contributed by atoms with van der Waals surface area (Å²) in [6.45, 7) is 7.07. The Morgan fingerprint density at radius 1 is 1.19 bits per heavy atom. The molecule has 1 N–H and O–H groups in total. The fourth-order valence-electron chi connectivity index (χ4n) is 4.05. The second-order valence-electron chi connectivity index (χ2n) is 8.72. The van der Waals surface area contributed by atoms with Gasteiger partial charge in [0.25, 0.3) is 0 Å². The van der Waals surface area contributed by atoms with Crippen LogP contribution in [0.25, 0.3) is 22.2 Å². The van der Waals surface area contributed by atoms with Crippen molar-refractivity contribution < 1.29 is 9.53 Å². The number of anilines is 1. The summed E-state index contributed by atoms with van der Waals surface area (Å²) in [7, 11) is 0. The van der Waals surface area contributed by atoms with Crippen molar-refractivity contribution in [3.05, 3.63) is 30.6 Å². The quantitative estimate of drug-likeness (QED) is 0.659. The molecule has 2 aliphatic rings. The van der Waals surface area contributed by atoms with Gasteiger partial charge in [0.1, 0.15) is 11.5 Å². The van der Waals surface area contributed by atoms with Crippen LogP contribution in [0.1, 0.15) is 33.1 Å². The molecule has 162 valence electrons. The summed E-state index contributed by atoms with van der Waals surface area (Å²) >= 11 is 0. The lowest BCUT2D eigenvalue weighted by atomic mass is 10.1. The van der Waals surface area contributed by atoms with Gasteiger partial charge in [0.2, 0.25) is 11.8 Å². The van der Waals surface area contributed by atoms with Crippen LogP contribution >= 0.6 is 0 Å². The van der Waals surface area contributed by atoms with Crippen LogP contribution in [0.4, 0.5) is 5.82 Å². The number of carbonyl (C=O) groups excluding carboxylic acids is 1. The molecule has 2 fully saturated rings. The molecule has 0 atom stereocenters. The third-order valence-electron chi connectivity index (χ3n) is 5.91. The predicted octanol–water partition coefficient (Wildman–Crippen LogP) is 3.26. The Hall–Kier alpha value is -3.16. The lowest BCUT2D eigenvalue weighted by molar-refractivity contribution is -0.131. The van der Waals surface area contributed by atoms with Gasteiger partial charge in [-0.1, -0.05) is 0 Å². The van der Waals surface area contributed by atoms with E-state index in [2.05, 4.69) is 31.1 Å². The van der Waals surface area contributed by atoms with Crippen molar-refractivity contribution in [3.63, 3.8) is 0 Å². The third-order valence-corrected chi connectivity index (χ3v) is 5.91. The first-order valence-corrected chi connectivity index (χ1v) is 11.1. The second-order valence-corrected chi connectivity index (χ2v) is 8.72. The Bertz CT molecular complexity index is 1080. The number of carbonyl (C=O) groups is 1. The van der Waals surface area contributed by atoms with Gasteiger partial charge in [-0.25, -0.2) is 9.97 Å². The van der Waals surface area contributed by atoms with E-state index < -0.39 is 0 Å². The molecule has 8 nitrogen and oxygen atoms in total. The molecule has 0 bridgehead atoms. The van der Waals surface area contributed by atoms with E-state index in [1.54, 1.807) is 6.20 Å². The van der Waals surface area contributed by atoms with E-state index >= 15 is 0 Å². The fraction of sp³-hybridized carbons (Fsp3) is 0.478. The van der Waals surface area contributed by atoms with E-state index in [9.17, 15) is 4.79 Å². The maximum absolute atomic E-state index is 12.4. The first kappa shape index (κ1) is 19.8. The van der Waals surface area contributed by atoms with Gasteiger partial charge < -0.3 is 14.5 Å². The minimum Gasteiger partial charge on any atom is -0.475 e. The zero-order valence-corrected chi connectivity index (χ0v) is 18.0. The van der Waals surface area contributed by atoms with E-state index in [1.165, 1.54) is 12.8 Å². The van der Waals surface area contributed by atoms with E-state index in [0.717, 1.165) is 60.6 Å². The van der Waals surface area contributed by atoms with Crippen LogP contribution in [-0.2, 0) is 4.79 Å². The summed E-state index contributed by atoms with van der Waals surface area (Å²) in [4.78, 5) is 25.6. The van der Waals surface area contributed by atoms with Crippen molar-refractivity contribution in [1.29, 1.82) is 0 Å². The zero-order chi connectivity index (χ0) is 21.4. The van der Waals surface area contributed by atoms with E-state index in [4.69, 9.17) is 4.74 Å². The molecule has 1 saturated carbocycles. The van der Waals surface area contributed by atoms with Crippen LogP contribution in [0.2, 0.25) is 0 Å². The lowest BCUT2D eigenvalue weighted by Crippen LogP contribution is -2.49. The van der Waals surface area contributed by atoms with Crippen molar-refractivity contribution in [2.45, 2.75) is 39.2 Å². The number of hydrogen-bond acceptors (Lipinski definition) is 6. The highest BCUT2D eigenvalue weighted by Crippen LogP contribution is 2.33. The standard InChI is InChI=1S/C23H28N6O2/c1-15(2)31-21-13-18-19(14-25-21)26-27-23(18)17-5-6-24-20(12-17)28-7-9-29(10-8-28)22(30)11-16-3-4-16/h5-6,12-16H,3-4,7-11H2,1-2H3,(H,26,27). The molecular formula is C23H28N6O2. The molecule has 1 aliphatic carbocycles. The largest absolute Gasteiger partial charge is 0.475 e. The van der Waals surface area contributed by atoms with E-state index in [-0.39, 0.29) is 6.10 Å². The van der Waals surface area contributed by atoms with Crippen molar-refractivity contribution in [1.82, 2.24) is 25.1 Å². The summed E-state index contributed by atoms with van der Waals surface area (Å²) < 4.78 is 5.75. The van der Waals surface area contributed by atoms with Crippen LogP contribution in [0.5, 0.6) is 5.88 Å². The van der Waals surface area contributed by atoms with Gasteiger partial charge in [0.15, 0.2) is 0 Å². The topological polar surface area (TPSA) is 87.2 Å². The minimum atomic E-state index is 0.0580. The molecule has 3 aromatic heterocycles. The molecule has 0 radical (unpaired) electrons. The third kappa shape index (κ3) is 4.33. The summed E-state index contributed by atoms with van der Waals surface area (Å²) in [5, 5.41) is 8.55. The number of rotatable bonds is 6. The predicted molar refractivity (Wildman–Crippen MR) is 119 cm³/mol. The highest BCUT2D eigenvalue weighted by molar-refractivity contribution is 5.93. The van der Waals surface area contributed by atoms with Crippen molar-refractivity contribution in [3.8, 4) is 17.1 Å². The highest BCUT2D eigenvalue weighted by Gasteiger charge is 2.29. The van der Waals surface area contributed by atoms with Gasteiger partial charge in [-0.2, -0.15) is 5.10 Å². The minimum absolute atomic E-state index is 0.0580. The average molecular weight is 421 g/mol. The molecule has 1 saturated heterocycles. The molecule has 0 aromatic carbocycles. The van der Waals surface area contributed by atoms with Crippen LogP contribution in [0.15, 0.2) is 30.6 Å². The van der Waals surface area contributed by atoms with Crippen LogP contribution in [0.3, 0.4) is 0 Å². The van der Waals surface area contributed by atoms with Crippen molar-refractivity contribution >= 4 is 22.6 Å². The molecule has 5 rings (SSSR count). The first-order valence-electron chi connectivity index (χ1n) is 11.1. The number of pyridine rings is 2. The number of aromatic amines is 1. The number of amides is 1. The van der Waals surface area contributed by atoms with E-state index in [1.807, 2.05) is 37.1 Å². The molecule has 3 aromatic rings. The molecule has 1 amide bonds. The number of piperazine rings is 1. The van der Waals surface area contributed by atoms with Crippen LogP contribution in [0, 0.1) is 5.92 Å². The van der Waals surface area contributed by atoms with Gasteiger partial charge in [0, 0.05) is 55.8 Å². The number of aromatic nitrogens is 4. The highest BCUT2D eigenvalue weighted by atomic mass is 16.5. The molecule has 1 aliphatic heterocycles. The molecule has 0 unspecified atom stereocenters. The average Bonchev–Trinajstić information content (AvgIpc) is 3.49. The lowest BCUT2D eigenvalue weighted by Gasteiger charge is -2.35. The number of nitrogens with zero attached hydrogens (tertiary/aromatic N) is 5. The van der Waals surface area contributed by atoms with Crippen LogP contribution in [-0.4, -0.2) is 63.3 Å². The van der Waals surface area contributed by atoms with Crippen molar-refractivity contribution in [2.75, 3.05) is 31.1 Å². The summed E-state index contributed by atoms with van der Waals surface area (Å²) in [6.07, 6.45) is 6.78. The molecule has 8 heteroatoms. The number of ether oxygens (including phenoxy) is 1. The molecule has 0 spiro atoms. The fourth-order valence-corrected chi connectivity index (χ4v) is 4.05. The maximum atomic E-state index is 12.4. The Labute approximate surface area is 181 Å². The SMILES string of the molecule is CC(C)Oc1cc2c(-c3ccnc(N4CCN(C(=O)CC5CC5)CC4)c3)n[nH]c2cn1. The monoisotopic (exact) mass is 420 g/mol. The van der Waals surface area contributed by atoms with Crippen LogP contribution < -0.4 is 9.64 Å².